The lowest BCUT2D eigenvalue weighted by Crippen LogP contribution is -2.49. The van der Waals surface area contributed by atoms with Crippen molar-refractivity contribution < 1.29 is 14.3 Å². The second-order valence-electron chi connectivity index (χ2n) is 8.23. The molecule has 1 aromatic carbocycles. The van der Waals surface area contributed by atoms with Crippen LogP contribution in [0.4, 0.5) is 16.3 Å². The molecule has 4 rings (SSSR count). The molecule has 2 aliphatic heterocycles. The van der Waals surface area contributed by atoms with E-state index < -0.39 is 0 Å². The number of hydrogen-bond donors (Lipinski definition) is 0. The number of aryl methyl sites for hydroxylation is 3. The lowest BCUT2D eigenvalue weighted by atomic mass is 10.1. The van der Waals surface area contributed by atoms with Crippen LogP contribution in [0.25, 0.3) is 0 Å². The number of pyridine rings is 1. The van der Waals surface area contributed by atoms with Crippen molar-refractivity contribution in [2.75, 3.05) is 42.6 Å². The number of ether oxygens (including phenoxy) is 1. The fourth-order valence-electron chi connectivity index (χ4n) is 4.25. The minimum absolute atomic E-state index is 0. The molecule has 8 heteroatoms. The number of piperazine rings is 1. The molecule has 0 N–H and O–H groups in total. The van der Waals surface area contributed by atoms with Crippen LogP contribution in [0.5, 0.6) is 0 Å². The van der Waals surface area contributed by atoms with E-state index in [1.165, 1.54) is 0 Å². The molecule has 0 radical (unpaired) electrons. The number of amides is 2. The van der Waals surface area contributed by atoms with Crippen LogP contribution < -0.4 is 9.80 Å². The molecule has 2 aliphatic rings. The number of halogens is 1. The van der Waals surface area contributed by atoms with E-state index in [1.54, 1.807) is 11.0 Å². The Labute approximate surface area is 189 Å². The third-order valence-corrected chi connectivity index (χ3v) is 5.84. The van der Waals surface area contributed by atoms with Gasteiger partial charge in [0.15, 0.2) is 0 Å². The highest BCUT2D eigenvalue weighted by molar-refractivity contribution is 5.96. The first kappa shape index (κ1) is 22.9. The van der Waals surface area contributed by atoms with E-state index in [4.69, 9.17) is 4.74 Å². The molecule has 1 aromatic heterocycles. The molecule has 0 spiro atoms. The van der Waals surface area contributed by atoms with E-state index in [0.717, 1.165) is 41.3 Å². The molecule has 1 atom stereocenters. The molecule has 0 aliphatic carbocycles. The van der Waals surface area contributed by atoms with Gasteiger partial charge in [-0.3, -0.25) is 9.69 Å². The van der Waals surface area contributed by atoms with Gasteiger partial charge >= 0.3 is 6.09 Å². The highest BCUT2D eigenvalue weighted by Crippen LogP contribution is 2.28. The molecule has 2 fully saturated rings. The zero-order valence-electron chi connectivity index (χ0n) is 18.4. The lowest BCUT2D eigenvalue weighted by molar-refractivity contribution is 0.0746. The van der Waals surface area contributed by atoms with Crippen molar-refractivity contribution in [1.29, 1.82) is 0 Å². The molecule has 2 saturated heterocycles. The molecular weight excluding hydrogens is 416 g/mol. The molecule has 0 bridgehead atoms. The Kier molecular flexibility index (Phi) is 6.74. The Morgan fingerprint density at radius 2 is 1.77 bits per heavy atom. The summed E-state index contributed by atoms with van der Waals surface area (Å²) in [6.07, 6.45) is 1.56. The van der Waals surface area contributed by atoms with Crippen molar-refractivity contribution in [3.8, 4) is 0 Å². The van der Waals surface area contributed by atoms with Gasteiger partial charge < -0.3 is 14.5 Å². The van der Waals surface area contributed by atoms with E-state index in [9.17, 15) is 9.59 Å². The minimum atomic E-state index is -0.333. The quantitative estimate of drug-likeness (QED) is 0.721. The fraction of sp³-hybridized carbons (Fsp3) is 0.435. The summed E-state index contributed by atoms with van der Waals surface area (Å²) >= 11 is 0. The first-order valence-electron chi connectivity index (χ1n) is 10.4. The first-order chi connectivity index (χ1) is 14.3. The summed E-state index contributed by atoms with van der Waals surface area (Å²) in [6.45, 7) is 11.2. The van der Waals surface area contributed by atoms with Gasteiger partial charge in [0, 0.05) is 37.9 Å². The van der Waals surface area contributed by atoms with Crippen molar-refractivity contribution in [1.82, 2.24) is 9.88 Å². The summed E-state index contributed by atoms with van der Waals surface area (Å²) in [7, 11) is 0. The van der Waals surface area contributed by atoms with Crippen LogP contribution in [-0.4, -0.2) is 60.7 Å². The number of cyclic esters (lactones) is 1. The number of benzene rings is 1. The monoisotopic (exact) mass is 444 g/mol. The standard InChI is InChI=1S/C23H28N4O3.ClH/c1-15-11-17(3)21(24-13-15)25-7-9-26(10-8-25)22(28)19-5-6-20(16(2)12-19)27-18(4)14-30-23(27)29;/h5-6,11-13,18H,7-10,14H2,1-4H3;1H. The van der Waals surface area contributed by atoms with Crippen LogP contribution in [-0.2, 0) is 4.74 Å². The average molecular weight is 445 g/mol. The molecular formula is C23H29ClN4O3. The molecule has 1 unspecified atom stereocenters. The van der Waals surface area contributed by atoms with Gasteiger partial charge in [0.05, 0.1) is 11.7 Å². The summed E-state index contributed by atoms with van der Waals surface area (Å²) < 4.78 is 5.12. The van der Waals surface area contributed by atoms with E-state index in [0.29, 0.717) is 25.3 Å². The summed E-state index contributed by atoms with van der Waals surface area (Å²) in [5, 5.41) is 0. The number of hydrogen-bond acceptors (Lipinski definition) is 5. The van der Waals surface area contributed by atoms with Crippen molar-refractivity contribution in [2.24, 2.45) is 0 Å². The normalized spacial score (nSPS) is 18.6. The third kappa shape index (κ3) is 4.46. The molecule has 166 valence electrons. The highest BCUT2D eigenvalue weighted by atomic mass is 35.5. The number of carbonyl (C=O) groups excluding carboxylic acids is 2. The largest absolute Gasteiger partial charge is 0.447 e. The Balaban J connectivity index is 0.00000272. The smallest absolute Gasteiger partial charge is 0.414 e. The molecule has 2 aromatic rings. The maximum Gasteiger partial charge on any atom is 0.414 e. The average Bonchev–Trinajstić information content (AvgIpc) is 3.06. The maximum absolute atomic E-state index is 13.1. The van der Waals surface area contributed by atoms with Gasteiger partial charge in [0.2, 0.25) is 0 Å². The summed E-state index contributed by atoms with van der Waals surface area (Å²) in [5.74, 6) is 1.02. The predicted molar refractivity (Wildman–Crippen MR) is 124 cm³/mol. The third-order valence-electron chi connectivity index (χ3n) is 5.84. The van der Waals surface area contributed by atoms with Gasteiger partial charge in [-0.2, -0.15) is 0 Å². The van der Waals surface area contributed by atoms with Crippen molar-refractivity contribution in [2.45, 2.75) is 33.7 Å². The summed E-state index contributed by atoms with van der Waals surface area (Å²) in [6, 6.07) is 7.65. The van der Waals surface area contributed by atoms with Gasteiger partial charge in [-0.05, 0) is 62.6 Å². The fourth-order valence-corrected chi connectivity index (χ4v) is 4.25. The topological polar surface area (TPSA) is 66.0 Å². The minimum Gasteiger partial charge on any atom is -0.447 e. The predicted octanol–water partition coefficient (Wildman–Crippen LogP) is 3.74. The van der Waals surface area contributed by atoms with Crippen LogP contribution in [0.2, 0.25) is 0 Å². The number of nitrogens with zero attached hydrogens (tertiary/aromatic N) is 4. The Hall–Kier alpha value is -2.80. The van der Waals surface area contributed by atoms with Crippen LogP contribution in [0.15, 0.2) is 30.5 Å². The Morgan fingerprint density at radius 3 is 2.35 bits per heavy atom. The second kappa shape index (κ2) is 9.14. The Morgan fingerprint density at radius 1 is 1.06 bits per heavy atom. The van der Waals surface area contributed by atoms with Gasteiger partial charge in [-0.15, -0.1) is 12.4 Å². The van der Waals surface area contributed by atoms with E-state index in [1.807, 2.05) is 44.0 Å². The van der Waals surface area contributed by atoms with Crippen LogP contribution in [0.1, 0.15) is 34.0 Å². The molecule has 31 heavy (non-hydrogen) atoms. The molecule has 2 amide bonds. The van der Waals surface area contributed by atoms with Gasteiger partial charge in [0.25, 0.3) is 5.91 Å². The van der Waals surface area contributed by atoms with E-state index in [2.05, 4.69) is 22.9 Å². The number of aromatic nitrogens is 1. The Bertz CT molecular complexity index is 989. The first-order valence-corrected chi connectivity index (χ1v) is 10.4. The second-order valence-corrected chi connectivity index (χ2v) is 8.23. The SMILES string of the molecule is Cc1cnc(N2CCN(C(=O)c3ccc(N4C(=O)OCC4C)c(C)c3)CC2)c(C)c1.Cl. The molecule has 7 nitrogen and oxygen atoms in total. The zero-order valence-corrected chi connectivity index (χ0v) is 19.2. The molecule has 3 heterocycles. The highest BCUT2D eigenvalue weighted by Gasteiger charge is 2.32. The van der Waals surface area contributed by atoms with Crippen molar-refractivity contribution in [3.63, 3.8) is 0 Å². The maximum atomic E-state index is 13.1. The number of anilines is 2. The number of carbonyl (C=O) groups is 2. The van der Waals surface area contributed by atoms with Gasteiger partial charge in [-0.1, -0.05) is 6.07 Å². The van der Waals surface area contributed by atoms with Gasteiger partial charge in [0.1, 0.15) is 12.4 Å². The van der Waals surface area contributed by atoms with Crippen LogP contribution >= 0.6 is 12.4 Å². The van der Waals surface area contributed by atoms with Crippen LogP contribution in [0, 0.1) is 20.8 Å². The van der Waals surface area contributed by atoms with Crippen molar-refractivity contribution >= 4 is 35.9 Å². The van der Waals surface area contributed by atoms with E-state index in [-0.39, 0.29) is 30.4 Å². The summed E-state index contributed by atoms with van der Waals surface area (Å²) in [5.41, 5.74) is 4.66. The van der Waals surface area contributed by atoms with Gasteiger partial charge in [-0.25, -0.2) is 9.78 Å². The number of rotatable bonds is 3. The van der Waals surface area contributed by atoms with Crippen LogP contribution in [0.3, 0.4) is 0 Å². The summed E-state index contributed by atoms with van der Waals surface area (Å²) in [4.78, 5) is 35.4. The zero-order chi connectivity index (χ0) is 21.4. The molecule has 0 saturated carbocycles. The van der Waals surface area contributed by atoms with Crippen molar-refractivity contribution in [3.05, 3.63) is 52.7 Å². The van der Waals surface area contributed by atoms with E-state index >= 15 is 0 Å². The lowest BCUT2D eigenvalue weighted by Gasteiger charge is -2.36.